The second kappa shape index (κ2) is 6.89. The number of hydrogen-bond donors (Lipinski definition) is 2. The van der Waals surface area contributed by atoms with E-state index in [-0.39, 0.29) is 11.8 Å². The SMILES string of the molecule is CCNC(C)c1ccc(NC(=O)C2CCCC2C)cc1. The predicted molar refractivity (Wildman–Crippen MR) is 83.7 cm³/mol. The lowest BCUT2D eigenvalue weighted by Gasteiger charge is -2.16. The predicted octanol–water partition coefficient (Wildman–Crippen LogP) is 3.73. The van der Waals surface area contributed by atoms with Gasteiger partial charge in [0.25, 0.3) is 0 Å². The number of carbonyl (C=O) groups excluding carboxylic acids is 1. The highest BCUT2D eigenvalue weighted by molar-refractivity contribution is 5.92. The molecule has 3 unspecified atom stereocenters. The zero-order valence-corrected chi connectivity index (χ0v) is 12.8. The molecule has 1 aliphatic carbocycles. The van der Waals surface area contributed by atoms with Crippen LogP contribution in [0.4, 0.5) is 5.69 Å². The third-order valence-corrected chi connectivity index (χ3v) is 4.39. The molecule has 2 rings (SSSR count). The number of rotatable bonds is 5. The maximum absolute atomic E-state index is 12.2. The van der Waals surface area contributed by atoms with Crippen LogP contribution in [0.2, 0.25) is 0 Å². The zero-order chi connectivity index (χ0) is 14.5. The third kappa shape index (κ3) is 3.60. The van der Waals surface area contributed by atoms with Crippen molar-refractivity contribution in [3.05, 3.63) is 29.8 Å². The first kappa shape index (κ1) is 15.0. The Hall–Kier alpha value is -1.35. The van der Waals surface area contributed by atoms with Crippen LogP contribution in [0.25, 0.3) is 0 Å². The fraction of sp³-hybridized carbons (Fsp3) is 0.588. The standard InChI is InChI=1S/C17H26N2O/c1-4-18-13(3)14-8-10-15(11-9-14)19-17(20)16-7-5-6-12(16)2/h8-13,16,18H,4-7H2,1-3H3,(H,19,20). The van der Waals surface area contributed by atoms with Crippen molar-refractivity contribution in [2.75, 3.05) is 11.9 Å². The van der Waals surface area contributed by atoms with E-state index in [1.54, 1.807) is 0 Å². The van der Waals surface area contributed by atoms with Crippen LogP contribution in [0.1, 0.15) is 51.6 Å². The van der Waals surface area contributed by atoms with Gasteiger partial charge in [-0.1, -0.05) is 32.4 Å². The van der Waals surface area contributed by atoms with E-state index in [1.165, 1.54) is 18.4 Å². The van der Waals surface area contributed by atoms with E-state index in [0.717, 1.165) is 18.7 Å². The topological polar surface area (TPSA) is 41.1 Å². The molecule has 1 fully saturated rings. The highest BCUT2D eigenvalue weighted by atomic mass is 16.1. The van der Waals surface area contributed by atoms with Crippen molar-refractivity contribution in [2.24, 2.45) is 11.8 Å². The average Bonchev–Trinajstić information content (AvgIpc) is 2.86. The lowest BCUT2D eigenvalue weighted by atomic mass is 9.97. The molecule has 0 radical (unpaired) electrons. The van der Waals surface area contributed by atoms with Crippen LogP contribution in [-0.2, 0) is 4.79 Å². The van der Waals surface area contributed by atoms with Gasteiger partial charge in [0, 0.05) is 17.6 Å². The molecule has 1 aromatic rings. The van der Waals surface area contributed by atoms with Gasteiger partial charge in [-0.3, -0.25) is 4.79 Å². The normalized spacial score (nSPS) is 23.6. The first-order valence-corrected chi connectivity index (χ1v) is 7.76. The molecule has 0 bridgehead atoms. The monoisotopic (exact) mass is 274 g/mol. The third-order valence-electron chi connectivity index (χ3n) is 4.39. The van der Waals surface area contributed by atoms with Crippen LogP contribution in [0.15, 0.2) is 24.3 Å². The molecule has 1 aromatic carbocycles. The van der Waals surface area contributed by atoms with Crippen LogP contribution in [0.5, 0.6) is 0 Å². The van der Waals surface area contributed by atoms with Gasteiger partial charge in [0.05, 0.1) is 0 Å². The smallest absolute Gasteiger partial charge is 0.227 e. The molecule has 2 N–H and O–H groups in total. The Balaban J connectivity index is 1.95. The Morgan fingerprint density at radius 1 is 1.30 bits per heavy atom. The van der Waals surface area contributed by atoms with E-state index >= 15 is 0 Å². The summed E-state index contributed by atoms with van der Waals surface area (Å²) in [5.41, 5.74) is 2.15. The first-order valence-electron chi connectivity index (χ1n) is 7.76. The summed E-state index contributed by atoms with van der Waals surface area (Å²) in [4.78, 5) is 12.2. The second-order valence-electron chi connectivity index (χ2n) is 5.91. The van der Waals surface area contributed by atoms with Gasteiger partial charge in [-0.2, -0.15) is 0 Å². The Morgan fingerprint density at radius 3 is 2.55 bits per heavy atom. The molecule has 3 heteroatoms. The van der Waals surface area contributed by atoms with Gasteiger partial charge in [-0.05, 0) is 49.9 Å². The van der Waals surface area contributed by atoms with Crippen LogP contribution in [-0.4, -0.2) is 12.5 Å². The molecule has 3 nitrogen and oxygen atoms in total. The molecule has 0 saturated heterocycles. The van der Waals surface area contributed by atoms with E-state index in [9.17, 15) is 4.79 Å². The average molecular weight is 274 g/mol. The summed E-state index contributed by atoms with van der Waals surface area (Å²) >= 11 is 0. The van der Waals surface area contributed by atoms with Crippen molar-refractivity contribution in [1.82, 2.24) is 5.32 Å². The van der Waals surface area contributed by atoms with Crippen molar-refractivity contribution in [3.63, 3.8) is 0 Å². The highest BCUT2D eigenvalue weighted by Crippen LogP contribution is 2.32. The van der Waals surface area contributed by atoms with Crippen molar-refractivity contribution in [2.45, 2.75) is 46.1 Å². The minimum atomic E-state index is 0.183. The summed E-state index contributed by atoms with van der Waals surface area (Å²) in [6.45, 7) is 7.39. The van der Waals surface area contributed by atoms with Gasteiger partial charge < -0.3 is 10.6 Å². The molecule has 0 heterocycles. The van der Waals surface area contributed by atoms with E-state index < -0.39 is 0 Å². The van der Waals surface area contributed by atoms with E-state index in [4.69, 9.17) is 0 Å². The number of carbonyl (C=O) groups is 1. The Bertz CT molecular complexity index is 441. The molecule has 20 heavy (non-hydrogen) atoms. The van der Waals surface area contributed by atoms with Crippen LogP contribution >= 0.6 is 0 Å². The van der Waals surface area contributed by atoms with Gasteiger partial charge >= 0.3 is 0 Å². The summed E-state index contributed by atoms with van der Waals surface area (Å²) < 4.78 is 0. The van der Waals surface area contributed by atoms with Crippen LogP contribution < -0.4 is 10.6 Å². The van der Waals surface area contributed by atoms with E-state index in [0.29, 0.717) is 12.0 Å². The Labute approximate surface area is 122 Å². The fourth-order valence-corrected chi connectivity index (χ4v) is 3.05. The highest BCUT2D eigenvalue weighted by Gasteiger charge is 2.29. The molecule has 0 aliphatic heterocycles. The quantitative estimate of drug-likeness (QED) is 0.859. The van der Waals surface area contributed by atoms with E-state index in [2.05, 4.69) is 43.5 Å². The largest absolute Gasteiger partial charge is 0.326 e. The fourth-order valence-electron chi connectivity index (χ4n) is 3.05. The number of nitrogens with one attached hydrogen (secondary N) is 2. The zero-order valence-electron chi connectivity index (χ0n) is 12.8. The van der Waals surface area contributed by atoms with Crippen LogP contribution in [0.3, 0.4) is 0 Å². The van der Waals surface area contributed by atoms with Crippen LogP contribution in [0, 0.1) is 11.8 Å². The number of amides is 1. The van der Waals surface area contributed by atoms with Gasteiger partial charge in [0.15, 0.2) is 0 Å². The summed E-state index contributed by atoms with van der Waals surface area (Å²) in [5.74, 6) is 0.890. The Kier molecular flexibility index (Phi) is 5.18. The van der Waals surface area contributed by atoms with Crippen molar-refractivity contribution >= 4 is 11.6 Å². The molecule has 3 atom stereocenters. The summed E-state index contributed by atoms with van der Waals surface area (Å²) in [6.07, 6.45) is 3.39. The van der Waals surface area contributed by atoms with Gasteiger partial charge in [-0.25, -0.2) is 0 Å². The maximum Gasteiger partial charge on any atom is 0.227 e. The summed E-state index contributed by atoms with van der Waals surface area (Å²) in [7, 11) is 0. The molecule has 1 amide bonds. The summed E-state index contributed by atoms with van der Waals surface area (Å²) in [5, 5.41) is 6.44. The molecule has 0 spiro atoms. The van der Waals surface area contributed by atoms with Gasteiger partial charge in [0.2, 0.25) is 5.91 Å². The first-order chi connectivity index (χ1) is 9.61. The molecule has 1 saturated carbocycles. The number of benzene rings is 1. The van der Waals surface area contributed by atoms with Crippen molar-refractivity contribution < 1.29 is 4.79 Å². The lowest BCUT2D eigenvalue weighted by molar-refractivity contribution is -0.120. The minimum absolute atomic E-state index is 0.183. The number of anilines is 1. The van der Waals surface area contributed by atoms with E-state index in [1.807, 2.05) is 12.1 Å². The maximum atomic E-state index is 12.2. The summed E-state index contributed by atoms with van der Waals surface area (Å²) in [6, 6.07) is 8.52. The van der Waals surface area contributed by atoms with Crippen molar-refractivity contribution in [3.8, 4) is 0 Å². The molecular weight excluding hydrogens is 248 g/mol. The molecule has 1 aliphatic rings. The second-order valence-corrected chi connectivity index (χ2v) is 5.91. The lowest BCUT2D eigenvalue weighted by Crippen LogP contribution is -2.24. The number of hydrogen-bond acceptors (Lipinski definition) is 2. The van der Waals surface area contributed by atoms with Gasteiger partial charge in [-0.15, -0.1) is 0 Å². The minimum Gasteiger partial charge on any atom is -0.326 e. The molecular formula is C17H26N2O. The Morgan fingerprint density at radius 2 is 2.00 bits per heavy atom. The molecule has 0 aromatic heterocycles. The van der Waals surface area contributed by atoms with Gasteiger partial charge in [0.1, 0.15) is 0 Å². The molecule has 110 valence electrons. The van der Waals surface area contributed by atoms with Crippen molar-refractivity contribution in [1.29, 1.82) is 0 Å².